The van der Waals surface area contributed by atoms with Gasteiger partial charge in [0.2, 0.25) is 11.9 Å². The molecule has 9 heteroatoms. The maximum Gasteiger partial charge on any atom is 0.238 e. The molecule has 0 radical (unpaired) electrons. The van der Waals surface area contributed by atoms with Gasteiger partial charge in [0, 0.05) is 32.0 Å². The fraction of sp³-hybridized carbons (Fsp3) is 0.500. The van der Waals surface area contributed by atoms with Crippen molar-refractivity contribution in [3.63, 3.8) is 0 Å². The lowest BCUT2D eigenvalue weighted by atomic mass is 9.94. The van der Waals surface area contributed by atoms with Gasteiger partial charge in [0.05, 0.1) is 28.8 Å². The number of hydrogen-bond donors (Lipinski definition) is 1. The molecule has 1 saturated carbocycles. The molecule has 182 valence electrons. The highest BCUT2D eigenvalue weighted by atomic mass is 16.2. The number of nitriles is 1. The second-order valence-corrected chi connectivity index (χ2v) is 9.48. The van der Waals surface area contributed by atoms with Gasteiger partial charge in [0.25, 0.3) is 0 Å². The summed E-state index contributed by atoms with van der Waals surface area (Å²) >= 11 is 0. The molecule has 0 spiro atoms. The molecule has 1 aromatic carbocycles. The number of nitrogens with zero attached hydrogens (tertiary/aromatic N) is 7. The third-order valence-corrected chi connectivity index (χ3v) is 7.39. The van der Waals surface area contributed by atoms with E-state index >= 15 is 0 Å². The molecule has 1 aliphatic heterocycles. The van der Waals surface area contributed by atoms with Gasteiger partial charge in [0.15, 0.2) is 5.65 Å². The van der Waals surface area contributed by atoms with E-state index in [0.717, 1.165) is 55.7 Å². The number of carbonyl (C=O) groups excluding carboxylic acids is 1. The van der Waals surface area contributed by atoms with Crippen LogP contribution in [0.3, 0.4) is 0 Å². The van der Waals surface area contributed by atoms with Gasteiger partial charge in [-0.25, -0.2) is 4.98 Å². The Balaban J connectivity index is 1.60. The van der Waals surface area contributed by atoms with Crippen LogP contribution in [-0.4, -0.2) is 63.8 Å². The van der Waals surface area contributed by atoms with E-state index in [1.54, 1.807) is 18.2 Å². The Labute approximate surface area is 205 Å². The lowest BCUT2D eigenvalue weighted by Gasteiger charge is -2.23. The van der Waals surface area contributed by atoms with Crippen molar-refractivity contribution in [2.24, 2.45) is 0 Å². The summed E-state index contributed by atoms with van der Waals surface area (Å²) in [7, 11) is 1.98. The van der Waals surface area contributed by atoms with E-state index in [9.17, 15) is 10.1 Å². The molecule has 1 amide bonds. The van der Waals surface area contributed by atoms with Crippen molar-refractivity contribution in [3.8, 4) is 6.07 Å². The molecule has 1 fully saturated rings. The van der Waals surface area contributed by atoms with Crippen LogP contribution in [-0.2, 0) is 4.79 Å². The Bertz CT molecular complexity index is 1280. The largest absolute Gasteiger partial charge is 0.343 e. The quantitative estimate of drug-likeness (QED) is 0.533. The predicted octanol–water partition coefficient (Wildman–Crippen LogP) is 3.68. The van der Waals surface area contributed by atoms with Gasteiger partial charge >= 0.3 is 0 Å². The minimum absolute atomic E-state index is 0.138. The van der Waals surface area contributed by atoms with Gasteiger partial charge in [-0.05, 0) is 49.7 Å². The number of benzene rings is 1. The monoisotopic (exact) mass is 472 g/mol. The summed E-state index contributed by atoms with van der Waals surface area (Å²) in [6.45, 7) is 7.96. The Hall–Kier alpha value is -3.51. The molecule has 0 saturated heterocycles. The first-order valence-corrected chi connectivity index (χ1v) is 12.6. The highest BCUT2D eigenvalue weighted by Crippen LogP contribution is 2.40. The first-order chi connectivity index (χ1) is 17.0. The maximum atomic E-state index is 13.2. The molecule has 2 aromatic heterocycles. The summed E-state index contributed by atoms with van der Waals surface area (Å²) in [6.07, 6.45) is 6.62. The molecule has 2 aliphatic rings. The molecule has 3 heterocycles. The van der Waals surface area contributed by atoms with Crippen LogP contribution in [0.2, 0.25) is 0 Å². The normalized spacial score (nSPS) is 17.7. The van der Waals surface area contributed by atoms with E-state index < -0.39 is 5.92 Å². The zero-order valence-corrected chi connectivity index (χ0v) is 20.7. The second kappa shape index (κ2) is 9.62. The molecule has 5 rings (SSSR count). The lowest BCUT2D eigenvalue weighted by Crippen LogP contribution is -2.34. The molecule has 1 aliphatic carbocycles. The molecule has 1 N–H and O–H groups in total. The highest BCUT2D eigenvalue weighted by Gasteiger charge is 2.36. The van der Waals surface area contributed by atoms with Crippen LogP contribution in [0.25, 0.3) is 11.0 Å². The highest BCUT2D eigenvalue weighted by molar-refractivity contribution is 6.06. The topological polar surface area (TPSA) is 103 Å². The van der Waals surface area contributed by atoms with Gasteiger partial charge in [-0.2, -0.15) is 15.3 Å². The van der Waals surface area contributed by atoms with Crippen molar-refractivity contribution in [1.82, 2.24) is 24.6 Å². The van der Waals surface area contributed by atoms with E-state index in [4.69, 9.17) is 15.1 Å². The Morgan fingerprint density at radius 1 is 1.17 bits per heavy atom. The third kappa shape index (κ3) is 4.34. The van der Waals surface area contributed by atoms with Gasteiger partial charge in [-0.1, -0.05) is 26.7 Å². The summed E-state index contributed by atoms with van der Waals surface area (Å²) in [4.78, 5) is 27.4. The summed E-state index contributed by atoms with van der Waals surface area (Å²) in [6, 6.07) is 7.85. The van der Waals surface area contributed by atoms with Gasteiger partial charge in [-0.3, -0.25) is 9.48 Å². The van der Waals surface area contributed by atoms with Crippen LogP contribution in [0, 0.1) is 11.3 Å². The van der Waals surface area contributed by atoms with Crippen LogP contribution < -0.4 is 10.2 Å². The van der Waals surface area contributed by atoms with E-state index in [1.807, 2.05) is 22.8 Å². The van der Waals surface area contributed by atoms with Gasteiger partial charge in [-0.15, -0.1) is 0 Å². The smallest absolute Gasteiger partial charge is 0.238 e. The first-order valence-electron chi connectivity index (χ1n) is 12.6. The molecular formula is C26H32N8O. The van der Waals surface area contributed by atoms with E-state index in [0.29, 0.717) is 28.9 Å². The van der Waals surface area contributed by atoms with Gasteiger partial charge in [0.1, 0.15) is 5.92 Å². The van der Waals surface area contributed by atoms with Crippen molar-refractivity contribution in [1.29, 1.82) is 5.26 Å². The van der Waals surface area contributed by atoms with Crippen molar-refractivity contribution in [2.75, 3.05) is 43.4 Å². The van der Waals surface area contributed by atoms with E-state index in [1.165, 1.54) is 12.8 Å². The number of anilines is 2. The van der Waals surface area contributed by atoms with Crippen molar-refractivity contribution in [3.05, 3.63) is 41.2 Å². The lowest BCUT2D eigenvalue weighted by molar-refractivity contribution is -0.116. The third-order valence-electron chi connectivity index (χ3n) is 7.39. The summed E-state index contributed by atoms with van der Waals surface area (Å²) in [5.74, 6) is -0.186. The van der Waals surface area contributed by atoms with Gasteiger partial charge < -0.3 is 15.1 Å². The average Bonchev–Trinajstić information content (AvgIpc) is 3.61. The van der Waals surface area contributed by atoms with Crippen molar-refractivity contribution < 1.29 is 4.79 Å². The fourth-order valence-corrected chi connectivity index (χ4v) is 5.21. The van der Waals surface area contributed by atoms with E-state index in [2.05, 4.69) is 30.1 Å². The fourth-order valence-electron chi connectivity index (χ4n) is 5.21. The number of nitrogens with one attached hydrogen (secondary N) is 1. The second-order valence-electron chi connectivity index (χ2n) is 9.48. The Morgan fingerprint density at radius 3 is 2.66 bits per heavy atom. The Morgan fingerprint density at radius 2 is 1.94 bits per heavy atom. The number of hydrogen-bond acceptors (Lipinski definition) is 7. The van der Waals surface area contributed by atoms with Crippen LogP contribution >= 0.6 is 0 Å². The average molecular weight is 473 g/mol. The summed E-state index contributed by atoms with van der Waals surface area (Å²) in [5.41, 5.74) is 3.29. The minimum Gasteiger partial charge on any atom is -0.343 e. The molecule has 1 atom stereocenters. The number of amides is 1. The van der Waals surface area contributed by atoms with E-state index in [-0.39, 0.29) is 5.91 Å². The van der Waals surface area contributed by atoms with Crippen LogP contribution in [0.1, 0.15) is 68.3 Å². The van der Waals surface area contributed by atoms with Crippen molar-refractivity contribution >= 4 is 28.6 Å². The molecule has 35 heavy (non-hydrogen) atoms. The molecule has 3 aromatic rings. The number of fused-ring (bicyclic) bond motifs is 2. The zero-order chi connectivity index (χ0) is 24.5. The number of likely N-dealkylation sites (N-methyl/N-ethyl adjacent to an activating group) is 2. The molecular weight excluding hydrogens is 440 g/mol. The predicted molar refractivity (Wildman–Crippen MR) is 136 cm³/mol. The number of rotatable bonds is 8. The van der Waals surface area contributed by atoms with Crippen LogP contribution in [0.5, 0.6) is 0 Å². The Kier molecular flexibility index (Phi) is 6.39. The SMILES string of the molecule is CCN(CC)CCN(C)c1nc(C2C(=O)Nc3ccc(C#N)cc32)c2cn(C3CCCC3)nc2n1. The molecule has 9 nitrogen and oxygen atoms in total. The summed E-state index contributed by atoms with van der Waals surface area (Å²) in [5, 5.41) is 18.1. The molecule has 0 bridgehead atoms. The minimum atomic E-state index is -0.611. The van der Waals surface area contributed by atoms with Crippen LogP contribution in [0.15, 0.2) is 24.4 Å². The summed E-state index contributed by atoms with van der Waals surface area (Å²) < 4.78 is 2.02. The maximum absolute atomic E-state index is 13.2. The first kappa shape index (κ1) is 23.2. The van der Waals surface area contributed by atoms with Crippen LogP contribution in [0.4, 0.5) is 11.6 Å². The number of aromatic nitrogens is 4. The zero-order valence-electron chi connectivity index (χ0n) is 20.7. The number of carbonyl (C=O) groups is 1. The van der Waals surface area contributed by atoms with Crippen molar-refractivity contribution in [2.45, 2.75) is 51.5 Å². The molecule has 1 unspecified atom stereocenters. The standard InChI is InChI=1S/C26H32N8O/c1-4-33(5-2)13-12-32(3)26-29-23(20-16-34(31-24(20)30-26)18-8-6-7-9-18)22-19-14-17(15-27)10-11-21(19)28-25(22)35/h10-11,14,16,18,22H,4-9,12-13H2,1-3H3,(H,28,35).